The van der Waals surface area contributed by atoms with Crippen molar-refractivity contribution in [2.75, 3.05) is 6.54 Å². The van der Waals surface area contributed by atoms with Crippen molar-refractivity contribution in [3.8, 4) is 5.75 Å². The first kappa shape index (κ1) is 28.8. The molecule has 1 aromatic carbocycles. The van der Waals surface area contributed by atoms with Crippen molar-refractivity contribution in [2.24, 2.45) is 34.8 Å². The Hall–Kier alpha value is -3.21. The van der Waals surface area contributed by atoms with Crippen LogP contribution in [-0.2, 0) is 20.9 Å². The molecule has 0 saturated heterocycles. The van der Waals surface area contributed by atoms with Gasteiger partial charge in [-0.15, -0.1) is 0 Å². The third-order valence-corrected chi connectivity index (χ3v) is 8.43. The highest BCUT2D eigenvalue weighted by atomic mass is 16.4. The maximum Gasteiger partial charge on any atom is 0.255 e. The summed E-state index contributed by atoms with van der Waals surface area (Å²) in [6.45, 7) is 12.1. The summed E-state index contributed by atoms with van der Waals surface area (Å²) in [5, 5.41) is 60.2. The van der Waals surface area contributed by atoms with Crippen LogP contribution in [0.4, 0.5) is 0 Å². The number of phenols is 1. The Bertz CT molecular complexity index is 1320. The third-order valence-electron chi connectivity index (χ3n) is 8.43. The molecule has 0 radical (unpaired) electrons. The summed E-state index contributed by atoms with van der Waals surface area (Å²) in [5.41, 5.74) is 2.13. The number of carbonyl (C=O) groups is 3. The van der Waals surface area contributed by atoms with E-state index >= 15 is 0 Å². The molecule has 212 valence electrons. The molecule has 0 bridgehead atoms. The minimum Gasteiger partial charge on any atom is -0.508 e. The number of aromatic hydroxyl groups is 1. The second-order valence-electron chi connectivity index (χ2n) is 12.6. The van der Waals surface area contributed by atoms with E-state index in [4.69, 9.17) is 5.73 Å². The van der Waals surface area contributed by atoms with Gasteiger partial charge in [-0.2, -0.15) is 0 Å². The minimum absolute atomic E-state index is 0.00250. The number of amides is 1. The van der Waals surface area contributed by atoms with Gasteiger partial charge in [-0.25, -0.2) is 0 Å². The fraction of sp³-hybridized carbons (Fsp3) is 0.552. The Balaban J connectivity index is 1.92. The lowest BCUT2D eigenvalue weighted by atomic mass is 9.51. The lowest BCUT2D eigenvalue weighted by Crippen LogP contribution is -2.67. The van der Waals surface area contributed by atoms with Crippen molar-refractivity contribution < 1.29 is 39.9 Å². The molecule has 3 aliphatic rings. The van der Waals surface area contributed by atoms with Crippen molar-refractivity contribution in [2.45, 2.75) is 65.7 Å². The van der Waals surface area contributed by atoms with E-state index in [-0.39, 0.29) is 28.8 Å². The number of carbonyl (C=O) groups excluding carboxylic acids is 3. The smallest absolute Gasteiger partial charge is 0.255 e. The highest BCUT2D eigenvalue weighted by molar-refractivity contribution is 6.23. The summed E-state index contributed by atoms with van der Waals surface area (Å²) >= 11 is 0. The molecule has 1 saturated carbocycles. The van der Waals surface area contributed by atoms with E-state index in [1.54, 1.807) is 32.9 Å². The predicted molar refractivity (Wildman–Crippen MR) is 142 cm³/mol. The van der Waals surface area contributed by atoms with Gasteiger partial charge in [0.2, 0.25) is 5.78 Å². The molecular formula is C29H38N2O8. The largest absolute Gasteiger partial charge is 0.508 e. The lowest BCUT2D eigenvalue weighted by molar-refractivity contribution is -0.171. The van der Waals surface area contributed by atoms with Crippen molar-refractivity contribution in [3.63, 3.8) is 0 Å². The number of nitrogens with two attached hydrogens (primary N) is 1. The standard InChI is InChI=1S/C29H38N2O8/c1-11(2)15-20-24(35)16-12(3)14-8-7-13(9-31-10-28(4,5)6)21(32)17(14)23(34)18(16)25(36)29(20,39)26(37)19(22(15)33)27(30)38/h7-8,11-12,15-16,20,24,31-32,34-35,37,39H,9-10H2,1-6H3,(H2,30,38)/t12-,15-,16+,20+,24-,29-/m0/s1. The van der Waals surface area contributed by atoms with Gasteiger partial charge in [0, 0.05) is 42.0 Å². The molecule has 10 nitrogen and oxygen atoms in total. The van der Waals surface area contributed by atoms with E-state index in [9.17, 15) is 39.9 Å². The maximum absolute atomic E-state index is 14.0. The summed E-state index contributed by atoms with van der Waals surface area (Å²) in [5.74, 6) is -10.4. The molecule has 0 aromatic heterocycles. The predicted octanol–water partition coefficient (Wildman–Crippen LogP) is 1.97. The summed E-state index contributed by atoms with van der Waals surface area (Å²) < 4.78 is 0. The molecule has 1 fully saturated rings. The molecule has 0 heterocycles. The number of rotatable bonds is 5. The molecule has 0 unspecified atom stereocenters. The number of hydrogen-bond donors (Lipinski definition) is 7. The number of benzene rings is 1. The van der Waals surface area contributed by atoms with Gasteiger partial charge in [0.05, 0.1) is 11.7 Å². The Labute approximate surface area is 227 Å². The van der Waals surface area contributed by atoms with E-state index in [2.05, 4.69) is 26.1 Å². The zero-order valence-corrected chi connectivity index (χ0v) is 23.1. The van der Waals surface area contributed by atoms with Gasteiger partial charge in [0.25, 0.3) is 5.91 Å². The molecule has 6 atom stereocenters. The number of phenolic OH excluding ortho intramolecular Hbond substituents is 1. The van der Waals surface area contributed by atoms with Crippen LogP contribution in [0.15, 0.2) is 29.0 Å². The summed E-state index contributed by atoms with van der Waals surface area (Å²) in [4.78, 5) is 39.4. The average Bonchev–Trinajstić information content (AvgIpc) is 2.81. The van der Waals surface area contributed by atoms with Crippen molar-refractivity contribution in [1.82, 2.24) is 5.32 Å². The van der Waals surface area contributed by atoms with Crippen molar-refractivity contribution in [1.29, 1.82) is 0 Å². The fourth-order valence-corrected chi connectivity index (χ4v) is 6.61. The SMILES string of the molecule is CC(C)[C@@H]1C(=O)C(C(N)=O)=C(O)[C@@]2(O)C(=O)C3=C(O)c4c(ccc(CNCC(C)(C)C)c4O)[C@H](C)[C@H]3[C@H](O)[C@@H]12. The van der Waals surface area contributed by atoms with Gasteiger partial charge < -0.3 is 36.6 Å². The molecule has 4 rings (SSSR count). The monoisotopic (exact) mass is 542 g/mol. The van der Waals surface area contributed by atoms with Gasteiger partial charge in [-0.3, -0.25) is 14.4 Å². The zero-order chi connectivity index (χ0) is 29.4. The van der Waals surface area contributed by atoms with Crippen LogP contribution < -0.4 is 11.1 Å². The van der Waals surface area contributed by atoms with Gasteiger partial charge >= 0.3 is 0 Å². The number of fused-ring (bicyclic) bond motifs is 3. The Morgan fingerprint density at radius 2 is 1.77 bits per heavy atom. The van der Waals surface area contributed by atoms with Crippen LogP contribution in [0, 0.1) is 29.1 Å². The van der Waals surface area contributed by atoms with Crippen LogP contribution in [0.1, 0.15) is 64.2 Å². The topological polar surface area (TPSA) is 190 Å². The van der Waals surface area contributed by atoms with Crippen LogP contribution in [0.25, 0.3) is 5.76 Å². The normalized spacial score (nSPS) is 30.8. The quantitative estimate of drug-likeness (QED) is 0.273. The Kier molecular flexibility index (Phi) is 6.99. The second-order valence-corrected chi connectivity index (χ2v) is 12.6. The number of aliphatic hydroxyl groups excluding tert-OH is 3. The second kappa shape index (κ2) is 9.46. The summed E-state index contributed by atoms with van der Waals surface area (Å²) in [7, 11) is 0. The number of Topliss-reactive ketones (excluding diaryl/α,β-unsaturated/α-hetero) is 2. The fourth-order valence-electron chi connectivity index (χ4n) is 6.61. The number of aliphatic hydroxyl groups is 4. The van der Waals surface area contributed by atoms with Crippen LogP contribution in [-0.4, -0.2) is 61.3 Å². The van der Waals surface area contributed by atoms with Crippen molar-refractivity contribution in [3.05, 3.63) is 45.7 Å². The van der Waals surface area contributed by atoms with Crippen molar-refractivity contribution >= 4 is 23.2 Å². The molecule has 39 heavy (non-hydrogen) atoms. The third kappa shape index (κ3) is 4.16. The number of nitrogens with one attached hydrogen (secondary N) is 1. The van der Waals surface area contributed by atoms with E-state index < -0.39 is 75.9 Å². The van der Waals surface area contributed by atoms with Gasteiger partial charge in [-0.1, -0.05) is 53.7 Å². The first-order valence-electron chi connectivity index (χ1n) is 13.2. The van der Waals surface area contributed by atoms with E-state index in [1.165, 1.54) is 0 Å². The van der Waals surface area contributed by atoms with Gasteiger partial charge in [0.1, 0.15) is 22.8 Å². The molecule has 1 amide bonds. The van der Waals surface area contributed by atoms with Gasteiger partial charge in [0.15, 0.2) is 11.4 Å². The Morgan fingerprint density at radius 1 is 1.15 bits per heavy atom. The van der Waals surface area contributed by atoms with Crippen LogP contribution in [0.5, 0.6) is 5.75 Å². The zero-order valence-electron chi connectivity index (χ0n) is 23.1. The van der Waals surface area contributed by atoms with Crippen LogP contribution >= 0.6 is 0 Å². The van der Waals surface area contributed by atoms with E-state index in [1.807, 2.05) is 0 Å². The molecule has 3 aliphatic carbocycles. The van der Waals surface area contributed by atoms with Crippen LogP contribution in [0.3, 0.4) is 0 Å². The van der Waals surface area contributed by atoms with Gasteiger partial charge in [-0.05, 0) is 22.8 Å². The minimum atomic E-state index is -2.88. The molecule has 1 aromatic rings. The number of hydrogen-bond acceptors (Lipinski definition) is 9. The highest BCUT2D eigenvalue weighted by Gasteiger charge is 2.68. The molecular weight excluding hydrogens is 504 g/mol. The number of primary amides is 1. The first-order chi connectivity index (χ1) is 18.0. The maximum atomic E-state index is 14.0. The highest BCUT2D eigenvalue weighted by Crippen LogP contribution is 2.57. The Morgan fingerprint density at radius 3 is 2.31 bits per heavy atom. The van der Waals surface area contributed by atoms with Crippen LogP contribution in [0.2, 0.25) is 0 Å². The van der Waals surface area contributed by atoms with E-state index in [0.29, 0.717) is 17.7 Å². The lowest BCUT2D eigenvalue weighted by Gasteiger charge is -2.53. The molecule has 8 N–H and O–H groups in total. The molecule has 10 heteroatoms. The summed E-state index contributed by atoms with van der Waals surface area (Å²) in [6.07, 6.45) is -1.57. The molecule has 0 aliphatic heterocycles. The summed E-state index contributed by atoms with van der Waals surface area (Å²) in [6, 6.07) is 3.42. The number of ketones is 2. The van der Waals surface area contributed by atoms with E-state index in [0.717, 1.165) is 0 Å². The average molecular weight is 543 g/mol. The molecule has 0 spiro atoms. The first-order valence-corrected chi connectivity index (χ1v) is 13.2.